The van der Waals surface area contributed by atoms with E-state index in [4.69, 9.17) is 4.52 Å². The minimum atomic E-state index is -0.363. The molecule has 2 amide bonds. The van der Waals surface area contributed by atoms with Crippen LogP contribution in [0.5, 0.6) is 0 Å². The van der Waals surface area contributed by atoms with Crippen molar-refractivity contribution in [3.63, 3.8) is 0 Å². The molecule has 0 bridgehead atoms. The normalized spacial score (nSPS) is 10.3. The summed E-state index contributed by atoms with van der Waals surface area (Å²) in [7, 11) is 5.29. The molecule has 23 heavy (non-hydrogen) atoms. The van der Waals surface area contributed by atoms with Gasteiger partial charge in [-0.2, -0.15) is 0 Å². The van der Waals surface area contributed by atoms with E-state index in [1.54, 1.807) is 38.4 Å². The van der Waals surface area contributed by atoms with Crippen LogP contribution in [-0.4, -0.2) is 54.5 Å². The Morgan fingerprint density at radius 2 is 2.00 bits per heavy atom. The number of nitrogens with one attached hydrogen (secondary N) is 1. The van der Waals surface area contributed by atoms with Gasteiger partial charge in [0, 0.05) is 39.1 Å². The third-order valence-electron chi connectivity index (χ3n) is 3.10. The predicted molar refractivity (Wildman–Crippen MR) is 85.4 cm³/mol. The Kier molecular flexibility index (Phi) is 4.95. The Morgan fingerprint density at radius 1 is 1.26 bits per heavy atom. The second kappa shape index (κ2) is 6.91. The van der Waals surface area contributed by atoms with E-state index in [0.29, 0.717) is 11.6 Å². The first-order chi connectivity index (χ1) is 10.9. The molecule has 0 spiro atoms. The molecule has 0 aliphatic rings. The van der Waals surface area contributed by atoms with Gasteiger partial charge in [-0.15, -0.1) is 0 Å². The molecule has 0 saturated heterocycles. The quantitative estimate of drug-likeness (QED) is 0.889. The maximum Gasteiger partial charge on any atom is 0.272 e. The number of pyridine rings is 1. The molecule has 0 aliphatic carbocycles. The van der Waals surface area contributed by atoms with Crippen molar-refractivity contribution in [2.75, 3.05) is 37.9 Å². The van der Waals surface area contributed by atoms with Gasteiger partial charge in [-0.05, 0) is 19.1 Å². The molecule has 2 aromatic rings. The highest BCUT2D eigenvalue weighted by molar-refractivity contribution is 5.98. The monoisotopic (exact) mass is 317 g/mol. The van der Waals surface area contributed by atoms with E-state index in [9.17, 15) is 9.59 Å². The molecule has 0 saturated carbocycles. The second-order valence-corrected chi connectivity index (χ2v) is 5.33. The van der Waals surface area contributed by atoms with Gasteiger partial charge in [-0.25, -0.2) is 0 Å². The molecular weight excluding hydrogens is 298 g/mol. The first-order valence-corrected chi connectivity index (χ1v) is 6.99. The van der Waals surface area contributed by atoms with Gasteiger partial charge in [0.2, 0.25) is 5.91 Å². The van der Waals surface area contributed by atoms with Crippen LogP contribution in [0.2, 0.25) is 0 Å². The zero-order valence-electron chi connectivity index (χ0n) is 13.5. The standard InChI is InChI=1S/C15H19N5O3/c1-10-7-13(18-23-10)17-14(21)9-20(4)15(22)12-8-11(19(2)3)5-6-16-12/h5-8H,9H2,1-4H3,(H,17,18,21). The number of anilines is 2. The van der Waals surface area contributed by atoms with Gasteiger partial charge in [0.25, 0.3) is 5.91 Å². The van der Waals surface area contributed by atoms with Gasteiger partial charge < -0.3 is 19.6 Å². The lowest BCUT2D eigenvalue weighted by Gasteiger charge is -2.17. The minimum Gasteiger partial charge on any atom is -0.378 e. The number of amides is 2. The molecule has 1 N–H and O–H groups in total. The third-order valence-corrected chi connectivity index (χ3v) is 3.10. The molecule has 8 heteroatoms. The highest BCUT2D eigenvalue weighted by atomic mass is 16.5. The fraction of sp³-hybridized carbons (Fsp3) is 0.333. The SMILES string of the molecule is Cc1cc(NC(=O)CN(C)C(=O)c2cc(N(C)C)ccn2)no1. The molecule has 0 unspecified atom stereocenters. The van der Waals surface area contributed by atoms with Crippen molar-refractivity contribution in [3.8, 4) is 0 Å². The van der Waals surface area contributed by atoms with E-state index >= 15 is 0 Å². The van der Waals surface area contributed by atoms with Crippen LogP contribution in [0.4, 0.5) is 11.5 Å². The number of hydrogen-bond acceptors (Lipinski definition) is 6. The van der Waals surface area contributed by atoms with Crippen molar-refractivity contribution >= 4 is 23.3 Å². The summed E-state index contributed by atoms with van der Waals surface area (Å²) in [5.41, 5.74) is 1.14. The summed E-state index contributed by atoms with van der Waals surface area (Å²) in [6.45, 7) is 1.61. The molecule has 0 fully saturated rings. The van der Waals surface area contributed by atoms with Crippen LogP contribution in [0.3, 0.4) is 0 Å². The summed E-state index contributed by atoms with van der Waals surface area (Å²) < 4.78 is 4.86. The number of hydrogen-bond donors (Lipinski definition) is 1. The molecule has 0 aromatic carbocycles. The second-order valence-electron chi connectivity index (χ2n) is 5.33. The summed E-state index contributed by atoms with van der Waals surface area (Å²) in [5.74, 6) is 0.216. The van der Waals surface area contributed by atoms with Gasteiger partial charge in [-0.1, -0.05) is 5.16 Å². The first kappa shape index (κ1) is 16.5. The Hall–Kier alpha value is -2.90. The predicted octanol–water partition coefficient (Wildman–Crippen LogP) is 1.15. The summed E-state index contributed by atoms with van der Waals surface area (Å²) in [5, 5.41) is 6.23. The fourth-order valence-electron chi connectivity index (χ4n) is 1.90. The van der Waals surface area contributed by atoms with Crippen LogP contribution in [0, 0.1) is 6.92 Å². The molecule has 2 aromatic heterocycles. The average Bonchev–Trinajstić information content (AvgIpc) is 2.91. The number of aromatic nitrogens is 2. The molecule has 2 heterocycles. The number of carbonyl (C=O) groups is 2. The van der Waals surface area contributed by atoms with Gasteiger partial charge >= 0.3 is 0 Å². The van der Waals surface area contributed by atoms with Gasteiger partial charge in [0.15, 0.2) is 5.82 Å². The Labute approximate surface area is 134 Å². The lowest BCUT2D eigenvalue weighted by Crippen LogP contribution is -2.35. The molecule has 0 atom stereocenters. The zero-order valence-corrected chi connectivity index (χ0v) is 13.5. The van der Waals surface area contributed by atoms with Crippen molar-refractivity contribution in [2.24, 2.45) is 0 Å². The highest BCUT2D eigenvalue weighted by Gasteiger charge is 2.17. The van der Waals surface area contributed by atoms with Gasteiger partial charge in [0.1, 0.15) is 11.5 Å². The maximum atomic E-state index is 12.3. The average molecular weight is 317 g/mol. The molecule has 122 valence electrons. The van der Waals surface area contributed by atoms with Crippen LogP contribution in [0.1, 0.15) is 16.2 Å². The number of carbonyl (C=O) groups excluding carboxylic acids is 2. The number of aryl methyl sites for hydroxylation is 1. The third kappa shape index (κ3) is 4.29. The molecule has 2 rings (SSSR count). The number of nitrogens with zero attached hydrogens (tertiary/aromatic N) is 4. The van der Waals surface area contributed by atoms with Gasteiger partial charge in [0.05, 0.1) is 6.54 Å². The Bertz CT molecular complexity index is 711. The number of likely N-dealkylation sites (N-methyl/N-ethyl adjacent to an activating group) is 1. The summed E-state index contributed by atoms with van der Waals surface area (Å²) in [6.07, 6.45) is 1.56. The van der Waals surface area contributed by atoms with Crippen LogP contribution in [0.15, 0.2) is 28.9 Å². The van der Waals surface area contributed by atoms with E-state index in [0.717, 1.165) is 5.69 Å². The van der Waals surface area contributed by atoms with Crippen molar-refractivity contribution in [1.82, 2.24) is 15.0 Å². The smallest absolute Gasteiger partial charge is 0.272 e. The maximum absolute atomic E-state index is 12.3. The van der Waals surface area contributed by atoms with Crippen LogP contribution in [-0.2, 0) is 4.79 Å². The summed E-state index contributed by atoms with van der Waals surface area (Å²) in [4.78, 5) is 31.5. The number of rotatable bonds is 5. The van der Waals surface area contributed by atoms with Crippen molar-refractivity contribution in [3.05, 3.63) is 35.9 Å². The van der Waals surface area contributed by atoms with E-state index < -0.39 is 0 Å². The first-order valence-electron chi connectivity index (χ1n) is 6.99. The van der Waals surface area contributed by atoms with Crippen molar-refractivity contribution in [2.45, 2.75) is 6.92 Å². The van der Waals surface area contributed by atoms with Gasteiger partial charge in [-0.3, -0.25) is 14.6 Å². The van der Waals surface area contributed by atoms with Crippen LogP contribution < -0.4 is 10.2 Å². The Morgan fingerprint density at radius 3 is 2.61 bits per heavy atom. The highest BCUT2D eigenvalue weighted by Crippen LogP contribution is 2.12. The topological polar surface area (TPSA) is 91.6 Å². The van der Waals surface area contributed by atoms with E-state index in [2.05, 4.69) is 15.5 Å². The van der Waals surface area contributed by atoms with Crippen molar-refractivity contribution in [1.29, 1.82) is 0 Å². The minimum absolute atomic E-state index is 0.112. The van der Waals surface area contributed by atoms with Crippen molar-refractivity contribution < 1.29 is 14.1 Å². The summed E-state index contributed by atoms with van der Waals surface area (Å²) in [6, 6.07) is 5.08. The van der Waals surface area contributed by atoms with E-state index in [-0.39, 0.29) is 24.1 Å². The zero-order chi connectivity index (χ0) is 17.0. The largest absolute Gasteiger partial charge is 0.378 e. The molecular formula is C15H19N5O3. The van der Waals surface area contributed by atoms with E-state index in [1.165, 1.54) is 4.90 Å². The fourth-order valence-corrected chi connectivity index (χ4v) is 1.90. The lowest BCUT2D eigenvalue weighted by atomic mass is 10.2. The van der Waals surface area contributed by atoms with Crippen LogP contribution in [0.25, 0.3) is 0 Å². The lowest BCUT2D eigenvalue weighted by molar-refractivity contribution is -0.116. The summed E-state index contributed by atoms with van der Waals surface area (Å²) >= 11 is 0. The molecule has 8 nitrogen and oxygen atoms in total. The molecule has 0 radical (unpaired) electrons. The Balaban J connectivity index is 1.99. The molecule has 0 aliphatic heterocycles. The van der Waals surface area contributed by atoms with E-state index in [1.807, 2.05) is 19.0 Å². The van der Waals surface area contributed by atoms with Crippen LogP contribution >= 0.6 is 0 Å².